The maximum atomic E-state index is 12.2. The van der Waals surface area contributed by atoms with Crippen molar-refractivity contribution in [2.24, 2.45) is 0 Å². The van der Waals surface area contributed by atoms with Crippen molar-refractivity contribution in [3.8, 4) is 28.7 Å². The number of Topliss-reactive ketones (excluding diaryl/α,β-unsaturated/α-hetero) is 1. The van der Waals surface area contributed by atoms with Gasteiger partial charge in [-0.15, -0.1) is 0 Å². The van der Waals surface area contributed by atoms with Crippen LogP contribution in [0.2, 0.25) is 0 Å². The van der Waals surface area contributed by atoms with Crippen molar-refractivity contribution in [1.29, 1.82) is 0 Å². The van der Waals surface area contributed by atoms with Crippen molar-refractivity contribution in [2.45, 2.75) is 38.2 Å². The number of ether oxygens (including phenoxy) is 3. The number of aryl methyl sites for hydroxylation is 2. The summed E-state index contributed by atoms with van der Waals surface area (Å²) in [4.78, 5) is 12.2. The lowest BCUT2D eigenvalue weighted by atomic mass is 9.99. The Kier molecular flexibility index (Phi) is 8.15. The first-order valence-electron chi connectivity index (χ1n) is 9.37. The number of aliphatic hydroxyl groups excluding tert-OH is 1. The molecule has 0 spiro atoms. The Hall–Kier alpha value is -2.93. The van der Waals surface area contributed by atoms with Crippen LogP contribution in [0.5, 0.6) is 28.7 Å². The summed E-state index contributed by atoms with van der Waals surface area (Å²) in [5, 5.41) is 29.8. The molecule has 2 rings (SSSR count). The molecule has 0 saturated carbocycles. The summed E-state index contributed by atoms with van der Waals surface area (Å²) in [5.74, 6) is 0.921. The second kappa shape index (κ2) is 10.6. The minimum Gasteiger partial charge on any atom is -0.504 e. The van der Waals surface area contributed by atoms with Gasteiger partial charge in [-0.1, -0.05) is 6.07 Å². The van der Waals surface area contributed by atoms with Crippen molar-refractivity contribution in [2.75, 3.05) is 21.3 Å². The van der Waals surface area contributed by atoms with Gasteiger partial charge in [0.15, 0.2) is 23.0 Å². The number of rotatable bonds is 11. The molecule has 3 N–H and O–H groups in total. The molecule has 7 nitrogen and oxygen atoms in total. The maximum Gasteiger partial charge on any atom is 0.200 e. The zero-order chi connectivity index (χ0) is 21.4. The van der Waals surface area contributed by atoms with Gasteiger partial charge in [0.05, 0.1) is 27.4 Å². The van der Waals surface area contributed by atoms with E-state index in [1.807, 2.05) is 0 Å². The topological polar surface area (TPSA) is 105 Å². The molecule has 1 atom stereocenters. The lowest BCUT2D eigenvalue weighted by molar-refractivity contribution is -0.121. The predicted octanol–water partition coefficient (Wildman–Crippen LogP) is 3.01. The van der Waals surface area contributed by atoms with E-state index >= 15 is 0 Å². The van der Waals surface area contributed by atoms with Crippen LogP contribution in [0.4, 0.5) is 0 Å². The minimum atomic E-state index is -0.761. The molecule has 0 aliphatic carbocycles. The third-order valence-electron chi connectivity index (χ3n) is 4.71. The van der Waals surface area contributed by atoms with Crippen LogP contribution in [0.15, 0.2) is 30.3 Å². The minimum absolute atomic E-state index is 0.0367. The van der Waals surface area contributed by atoms with Gasteiger partial charge in [-0.3, -0.25) is 4.79 Å². The molecule has 0 bridgehead atoms. The number of aliphatic hydroxyl groups is 1. The average Bonchev–Trinajstić information content (AvgIpc) is 2.72. The van der Waals surface area contributed by atoms with Crippen LogP contribution in [0.25, 0.3) is 0 Å². The molecule has 0 heterocycles. The standard InChI is InChI=1S/C22H28O7/c1-27-19-10-14(6-9-18(19)25)4-7-16(23)13-17(24)8-5-15-11-20(28-2)22(26)21(12-15)29-3/h6,9-12,17,24-26H,4-5,7-8,13H2,1-3H3. The number of carbonyl (C=O) groups is 1. The third-order valence-corrected chi connectivity index (χ3v) is 4.71. The van der Waals surface area contributed by atoms with Crippen molar-refractivity contribution < 1.29 is 34.3 Å². The number of hydrogen-bond donors (Lipinski definition) is 3. The van der Waals surface area contributed by atoms with E-state index in [4.69, 9.17) is 14.2 Å². The van der Waals surface area contributed by atoms with Crippen LogP contribution in [0.3, 0.4) is 0 Å². The van der Waals surface area contributed by atoms with Crippen molar-refractivity contribution >= 4 is 5.78 Å². The summed E-state index contributed by atoms with van der Waals surface area (Å²) in [7, 11) is 4.38. The van der Waals surface area contributed by atoms with Crippen LogP contribution in [-0.2, 0) is 17.6 Å². The highest BCUT2D eigenvalue weighted by molar-refractivity contribution is 5.79. The Morgan fingerprint density at radius 1 is 0.897 bits per heavy atom. The molecule has 0 radical (unpaired) electrons. The van der Waals surface area contributed by atoms with Gasteiger partial charge in [-0.05, 0) is 54.7 Å². The molecule has 7 heteroatoms. The fraction of sp³-hybridized carbons (Fsp3) is 0.409. The normalized spacial score (nSPS) is 11.7. The number of benzene rings is 2. The monoisotopic (exact) mass is 404 g/mol. The summed E-state index contributed by atoms with van der Waals surface area (Å²) in [6.45, 7) is 0. The van der Waals surface area contributed by atoms with Crippen molar-refractivity contribution in [1.82, 2.24) is 0 Å². The molecule has 2 aromatic rings. The number of carbonyl (C=O) groups excluding carboxylic acids is 1. The van der Waals surface area contributed by atoms with Gasteiger partial charge in [0.1, 0.15) is 5.78 Å². The molecule has 2 aromatic carbocycles. The van der Waals surface area contributed by atoms with E-state index in [2.05, 4.69) is 0 Å². The lowest BCUT2D eigenvalue weighted by Gasteiger charge is -2.13. The van der Waals surface area contributed by atoms with Crippen LogP contribution < -0.4 is 14.2 Å². The highest BCUT2D eigenvalue weighted by Gasteiger charge is 2.15. The van der Waals surface area contributed by atoms with E-state index in [9.17, 15) is 20.1 Å². The first kappa shape index (κ1) is 22.4. The number of ketones is 1. The molecular weight excluding hydrogens is 376 g/mol. The van der Waals surface area contributed by atoms with Crippen LogP contribution in [-0.4, -0.2) is 48.5 Å². The smallest absolute Gasteiger partial charge is 0.200 e. The first-order chi connectivity index (χ1) is 13.9. The molecule has 0 aliphatic heterocycles. The number of phenols is 2. The summed E-state index contributed by atoms with van der Waals surface area (Å²) in [6.07, 6.45) is 1.02. The van der Waals surface area contributed by atoms with Gasteiger partial charge >= 0.3 is 0 Å². The molecule has 0 saturated heterocycles. The number of phenolic OH excluding ortho intramolecular Hbond substituents is 2. The molecule has 1 unspecified atom stereocenters. The fourth-order valence-electron chi connectivity index (χ4n) is 3.05. The summed E-state index contributed by atoms with van der Waals surface area (Å²) in [5.41, 5.74) is 1.71. The first-order valence-corrected chi connectivity index (χ1v) is 9.37. The average molecular weight is 404 g/mol. The molecular formula is C22H28O7. The van der Waals surface area contributed by atoms with Gasteiger partial charge in [0.25, 0.3) is 0 Å². The van der Waals surface area contributed by atoms with Crippen LogP contribution in [0.1, 0.15) is 30.4 Å². The summed E-state index contributed by atoms with van der Waals surface area (Å²) < 4.78 is 15.3. The zero-order valence-electron chi connectivity index (χ0n) is 17.0. The largest absolute Gasteiger partial charge is 0.504 e. The molecule has 29 heavy (non-hydrogen) atoms. The lowest BCUT2D eigenvalue weighted by Crippen LogP contribution is -2.15. The summed E-state index contributed by atoms with van der Waals surface area (Å²) >= 11 is 0. The van der Waals surface area contributed by atoms with Crippen molar-refractivity contribution in [3.63, 3.8) is 0 Å². The molecule has 0 fully saturated rings. The predicted molar refractivity (Wildman–Crippen MR) is 108 cm³/mol. The van der Waals surface area contributed by atoms with E-state index in [-0.39, 0.29) is 23.7 Å². The Morgan fingerprint density at radius 2 is 1.48 bits per heavy atom. The van der Waals surface area contributed by atoms with E-state index in [0.717, 1.165) is 11.1 Å². The molecule has 0 amide bonds. The second-order valence-corrected chi connectivity index (χ2v) is 6.79. The van der Waals surface area contributed by atoms with Gasteiger partial charge in [0.2, 0.25) is 5.75 Å². The molecule has 0 aliphatic rings. The number of aromatic hydroxyl groups is 2. The maximum absolute atomic E-state index is 12.2. The summed E-state index contributed by atoms with van der Waals surface area (Å²) in [6, 6.07) is 8.35. The number of methoxy groups -OCH3 is 3. The SMILES string of the molecule is COc1cc(CCC(=O)CC(O)CCc2cc(OC)c(O)c(OC)c2)ccc1O. The van der Waals surface area contributed by atoms with Crippen LogP contribution in [0, 0.1) is 0 Å². The zero-order valence-corrected chi connectivity index (χ0v) is 17.0. The van der Waals surface area contributed by atoms with Crippen LogP contribution >= 0.6 is 0 Å². The Morgan fingerprint density at radius 3 is 2.07 bits per heavy atom. The van der Waals surface area contributed by atoms with Gasteiger partial charge in [-0.2, -0.15) is 0 Å². The quantitative estimate of drug-likeness (QED) is 0.529. The van der Waals surface area contributed by atoms with E-state index < -0.39 is 6.10 Å². The van der Waals surface area contributed by atoms with Gasteiger partial charge in [-0.25, -0.2) is 0 Å². The van der Waals surface area contributed by atoms with E-state index in [0.29, 0.717) is 42.9 Å². The number of hydrogen-bond acceptors (Lipinski definition) is 7. The van der Waals surface area contributed by atoms with E-state index in [1.165, 1.54) is 27.4 Å². The van der Waals surface area contributed by atoms with E-state index in [1.54, 1.807) is 24.3 Å². The van der Waals surface area contributed by atoms with Crippen molar-refractivity contribution in [3.05, 3.63) is 41.5 Å². The Bertz CT molecular complexity index is 807. The highest BCUT2D eigenvalue weighted by atomic mass is 16.5. The molecule has 158 valence electrons. The second-order valence-electron chi connectivity index (χ2n) is 6.79. The molecule has 0 aromatic heterocycles. The van der Waals surface area contributed by atoms with Gasteiger partial charge < -0.3 is 29.5 Å². The Balaban J connectivity index is 1.84. The van der Waals surface area contributed by atoms with Gasteiger partial charge in [0, 0.05) is 12.8 Å². The Labute approximate surface area is 170 Å². The fourth-order valence-corrected chi connectivity index (χ4v) is 3.05. The highest BCUT2D eigenvalue weighted by Crippen LogP contribution is 2.37. The third kappa shape index (κ3) is 6.29.